The van der Waals surface area contributed by atoms with E-state index in [0.717, 1.165) is 10.9 Å². The fourth-order valence-electron chi connectivity index (χ4n) is 3.07. The summed E-state index contributed by atoms with van der Waals surface area (Å²) in [5.74, 6) is 0.502. The summed E-state index contributed by atoms with van der Waals surface area (Å²) >= 11 is 0. The zero-order valence-electron chi connectivity index (χ0n) is 14.2. The number of rotatable bonds is 4. The highest BCUT2D eigenvalue weighted by Crippen LogP contribution is 2.22. The van der Waals surface area contributed by atoms with E-state index >= 15 is 0 Å². The lowest BCUT2D eigenvalue weighted by Gasteiger charge is -2.31. The first-order valence-electron chi connectivity index (χ1n) is 8.56. The Balaban J connectivity index is 1.60. The summed E-state index contributed by atoms with van der Waals surface area (Å²) in [6.45, 7) is 6.06. The molecule has 2 heterocycles. The Bertz CT molecular complexity index is 729. The van der Waals surface area contributed by atoms with Crippen LogP contribution in [0.5, 0.6) is 0 Å². The van der Waals surface area contributed by atoms with E-state index in [4.69, 9.17) is 0 Å². The van der Waals surface area contributed by atoms with Crippen LogP contribution in [0.25, 0.3) is 10.9 Å². The third kappa shape index (κ3) is 3.42. The Morgan fingerprint density at radius 2 is 2.00 bits per heavy atom. The molecule has 2 N–H and O–H groups in total. The van der Waals surface area contributed by atoms with Crippen LogP contribution < -0.4 is 5.32 Å². The molecule has 2 aromatic rings. The number of fused-ring (bicyclic) bond motifs is 1. The van der Waals surface area contributed by atoms with Crippen molar-refractivity contribution in [2.45, 2.75) is 26.7 Å². The van der Waals surface area contributed by atoms with Gasteiger partial charge in [0.15, 0.2) is 5.69 Å². The minimum absolute atomic E-state index is 0.00345. The fraction of sp³-hybridized carbons (Fsp3) is 0.500. The third-order valence-corrected chi connectivity index (χ3v) is 4.51. The van der Waals surface area contributed by atoms with Crippen LogP contribution in [0.1, 0.15) is 37.2 Å². The second-order valence-corrected chi connectivity index (χ2v) is 6.82. The molecule has 6 nitrogen and oxygen atoms in total. The van der Waals surface area contributed by atoms with Gasteiger partial charge >= 0.3 is 0 Å². The number of hydrogen-bond acceptors (Lipinski definition) is 3. The number of aromatic nitrogens is 2. The lowest BCUT2D eigenvalue weighted by molar-refractivity contribution is -0.126. The van der Waals surface area contributed by atoms with Crippen molar-refractivity contribution in [2.75, 3.05) is 19.6 Å². The van der Waals surface area contributed by atoms with E-state index in [1.54, 1.807) is 4.90 Å². The van der Waals surface area contributed by atoms with Gasteiger partial charge in [0.25, 0.3) is 5.91 Å². The highest BCUT2D eigenvalue weighted by molar-refractivity contribution is 6.04. The van der Waals surface area contributed by atoms with Crippen molar-refractivity contribution >= 4 is 22.7 Å². The second-order valence-electron chi connectivity index (χ2n) is 6.82. The van der Waals surface area contributed by atoms with Crippen molar-refractivity contribution in [2.24, 2.45) is 11.8 Å². The van der Waals surface area contributed by atoms with Gasteiger partial charge < -0.3 is 10.2 Å². The lowest BCUT2D eigenvalue weighted by Crippen LogP contribution is -2.43. The molecule has 1 aliphatic heterocycles. The Labute approximate surface area is 141 Å². The van der Waals surface area contributed by atoms with Crippen LogP contribution in [0, 0.1) is 11.8 Å². The maximum absolute atomic E-state index is 12.7. The van der Waals surface area contributed by atoms with Crippen molar-refractivity contribution in [1.82, 2.24) is 20.4 Å². The van der Waals surface area contributed by atoms with Gasteiger partial charge in [-0.05, 0) is 24.8 Å². The van der Waals surface area contributed by atoms with E-state index in [0.29, 0.717) is 44.1 Å². The topological polar surface area (TPSA) is 78.1 Å². The van der Waals surface area contributed by atoms with Gasteiger partial charge in [-0.25, -0.2) is 0 Å². The van der Waals surface area contributed by atoms with Crippen molar-refractivity contribution in [3.63, 3.8) is 0 Å². The molecule has 0 atom stereocenters. The zero-order chi connectivity index (χ0) is 17.1. The van der Waals surface area contributed by atoms with E-state index in [1.165, 1.54) is 0 Å². The summed E-state index contributed by atoms with van der Waals surface area (Å²) in [7, 11) is 0. The van der Waals surface area contributed by atoms with E-state index in [1.807, 2.05) is 24.3 Å². The van der Waals surface area contributed by atoms with E-state index < -0.39 is 0 Å². The second kappa shape index (κ2) is 7.03. The monoisotopic (exact) mass is 328 g/mol. The summed E-state index contributed by atoms with van der Waals surface area (Å²) < 4.78 is 0. The van der Waals surface area contributed by atoms with Crippen LogP contribution in [0.15, 0.2) is 24.3 Å². The van der Waals surface area contributed by atoms with Crippen molar-refractivity contribution < 1.29 is 9.59 Å². The number of likely N-dealkylation sites (tertiary alicyclic amines) is 1. The Morgan fingerprint density at radius 3 is 2.71 bits per heavy atom. The Hall–Kier alpha value is -2.37. The standard InChI is InChI=1S/C18H24N4O2/c1-12(2)11-19-17(23)13-7-9-22(10-8-13)18(24)16-14-5-3-4-6-15(14)20-21-16/h3-6,12-13H,7-11H2,1-2H3,(H,19,23)(H,20,21). The molecule has 1 aromatic heterocycles. The maximum atomic E-state index is 12.7. The number of H-pyrrole nitrogens is 1. The molecule has 0 unspecified atom stereocenters. The molecule has 128 valence electrons. The number of para-hydroxylation sites is 1. The molecule has 0 aliphatic carbocycles. The number of amides is 2. The average molecular weight is 328 g/mol. The van der Waals surface area contributed by atoms with Gasteiger partial charge in [0.2, 0.25) is 5.91 Å². The van der Waals surface area contributed by atoms with Gasteiger partial charge in [0.1, 0.15) is 0 Å². The Morgan fingerprint density at radius 1 is 1.29 bits per heavy atom. The fourth-order valence-corrected chi connectivity index (χ4v) is 3.07. The highest BCUT2D eigenvalue weighted by atomic mass is 16.2. The molecule has 1 aromatic carbocycles. The largest absolute Gasteiger partial charge is 0.356 e. The SMILES string of the molecule is CC(C)CNC(=O)C1CCN(C(=O)c2n[nH]c3ccccc23)CC1. The first-order chi connectivity index (χ1) is 11.6. The summed E-state index contributed by atoms with van der Waals surface area (Å²) in [5.41, 5.74) is 1.33. The third-order valence-electron chi connectivity index (χ3n) is 4.51. The van der Waals surface area contributed by atoms with Crippen molar-refractivity contribution in [3.8, 4) is 0 Å². The number of benzene rings is 1. The van der Waals surface area contributed by atoms with Gasteiger partial charge in [-0.2, -0.15) is 5.10 Å². The van der Waals surface area contributed by atoms with Gasteiger partial charge in [0, 0.05) is 30.9 Å². The van der Waals surface area contributed by atoms with E-state index in [2.05, 4.69) is 29.4 Å². The van der Waals surface area contributed by atoms with E-state index in [-0.39, 0.29) is 17.7 Å². The van der Waals surface area contributed by atoms with Gasteiger partial charge in [-0.1, -0.05) is 32.0 Å². The molecule has 1 aliphatic rings. The predicted octanol–water partition coefficient (Wildman–Crippen LogP) is 2.19. The van der Waals surface area contributed by atoms with Crippen molar-refractivity contribution in [1.29, 1.82) is 0 Å². The summed E-state index contributed by atoms with van der Waals surface area (Å²) in [6, 6.07) is 7.62. The number of aromatic amines is 1. The number of piperidine rings is 1. The van der Waals surface area contributed by atoms with Gasteiger partial charge in [-0.15, -0.1) is 0 Å². The smallest absolute Gasteiger partial charge is 0.274 e. The number of carbonyl (C=O) groups excluding carboxylic acids is 2. The number of nitrogens with one attached hydrogen (secondary N) is 2. The van der Waals surface area contributed by atoms with Gasteiger partial charge in [-0.3, -0.25) is 14.7 Å². The summed E-state index contributed by atoms with van der Waals surface area (Å²) in [5, 5.41) is 10.9. The predicted molar refractivity (Wildman–Crippen MR) is 92.6 cm³/mol. The first kappa shape index (κ1) is 16.5. The van der Waals surface area contributed by atoms with E-state index in [9.17, 15) is 9.59 Å². The quantitative estimate of drug-likeness (QED) is 0.903. The van der Waals surface area contributed by atoms with Gasteiger partial charge in [0.05, 0.1) is 5.52 Å². The van der Waals surface area contributed by atoms with Crippen LogP contribution in [-0.4, -0.2) is 46.5 Å². The minimum atomic E-state index is -0.0616. The molecule has 0 bridgehead atoms. The minimum Gasteiger partial charge on any atom is -0.356 e. The molecule has 0 spiro atoms. The molecule has 1 saturated heterocycles. The Kier molecular flexibility index (Phi) is 4.83. The number of carbonyl (C=O) groups is 2. The molecule has 24 heavy (non-hydrogen) atoms. The molecule has 1 fully saturated rings. The molecule has 0 saturated carbocycles. The average Bonchev–Trinajstić information content (AvgIpc) is 3.03. The van der Waals surface area contributed by atoms with Crippen LogP contribution >= 0.6 is 0 Å². The maximum Gasteiger partial charge on any atom is 0.274 e. The molecular weight excluding hydrogens is 304 g/mol. The normalized spacial score (nSPS) is 15.9. The molecule has 3 rings (SSSR count). The van der Waals surface area contributed by atoms with Crippen molar-refractivity contribution in [3.05, 3.63) is 30.0 Å². The van der Waals surface area contributed by atoms with Crippen LogP contribution in [0.4, 0.5) is 0 Å². The number of nitrogens with zero attached hydrogens (tertiary/aromatic N) is 2. The summed E-state index contributed by atoms with van der Waals surface area (Å²) in [4.78, 5) is 26.7. The summed E-state index contributed by atoms with van der Waals surface area (Å²) in [6.07, 6.45) is 1.41. The first-order valence-corrected chi connectivity index (χ1v) is 8.56. The van der Waals surface area contributed by atoms with Crippen LogP contribution in [0.3, 0.4) is 0 Å². The molecular formula is C18H24N4O2. The molecule has 0 radical (unpaired) electrons. The van der Waals surface area contributed by atoms with Crippen LogP contribution in [-0.2, 0) is 4.79 Å². The molecule has 6 heteroatoms. The highest BCUT2D eigenvalue weighted by Gasteiger charge is 2.29. The number of hydrogen-bond donors (Lipinski definition) is 2. The molecule has 2 amide bonds. The zero-order valence-corrected chi connectivity index (χ0v) is 14.2. The lowest BCUT2D eigenvalue weighted by atomic mass is 9.95. The van der Waals surface area contributed by atoms with Crippen LogP contribution in [0.2, 0.25) is 0 Å².